The third kappa shape index (κ3) is 1.85. The molecule has 0 aromatic rings. The van der Waals surface area contributed by atoms with Gasteiger partial charge >= 0.3 is 0 Å². The van der Waals surface area contributed by atoms with Crippen molar-refractivity contribution < 1.29 is 4.43 Å². The van der Waals surface area contributed by atoms with Gasteiger partial charge in [-0.3, -0.25) is 0 Å². The molecule has 48 valence electrons. The molecule has 1 rings (SSSR count). The maximum absolute atomic E-state index is 5.44. The van der Waals surface area contributed by atoms with Gasteiger partial charge in [0, 0.05) is 22.8 Å². The van der Waals surface area contributed by atoms with E-state index in [2.05, 4.69) is 13.1 Å². The monoisotopic (exact) mass is 162 g/mol. The molecule has 0 atom stereocenters. The third-order valence-corrected chi connectivity index (χ3v) is 26.2. The molecule has 0 bridgehead atoms. The zero-order chi connectivity index (χ0) is 6.04. The van der Waals surface area contributed by atoms with Gasteiger partial charge in [-0.15, -0.1) is 0 Å². The highest BCUT2D eigenvalue weighted by atomic mass is 29.6. The van der Waals surface area contributed by atoms with Crippen LogP contribution in [0.5, 0.6) is 0 Å². The van der Waals surface area contributed by atoms with Crippen LogP contribution in [-0.2, 0) is 4.43 Å². The van der Waals surface area contributed by atoms with Gasteiger partial charge in [0.1, 0.15) is 9.28 Å². The fourth-order valence-corrected chi connectivity index (χ4v) is 15.6. The number of hydrogen-bond donors (Lipinski definition) is 0. The van der Waals surface area contributed by atoms with Crippen molar-refractivity contribution in [1.29, 1.82) is 0 Å². The first-order valence-corrected chi connectivity index (χ1v) is 13.4. The summed E-state index contributed by atoms with van der Waals surface area (Å²) in [6.45, 7) is 6.20. The fourth-order valence-electron chi connectivity index (χ4n) is 0.924. The van der Waals surface area contributed by atoms with Gasteiger partial charge in [0.25, 0.3) is 0 Å². The average Bonchev–Trinajstić information content (AvgIpc) is 1.65. The summed E-state index contributed by atoms with van der Waals surface area (Å²) in [7, 11) is -0.0179. The molecule has 0 saturated carbocycles. The second kappa shape index (κ2) is 2.47. The van der Waals surface area contributed by atoms with E-state index in [-0.39, 0.29) is 9.28 Å². The van der Waals surface area contributed by atoms with E-state index >= 15 is 0 Å². The molecule has 1 nitrogen and oxygen atoms in total. The molecule has 0 aromatic carbocycles. The van der Waals surface area contributed by atoms with Crippen molar-refractivity contribution in [3.8, 4) is 0 Å². The van der Waals surface area contributed by atoms with Crippen molar-refractivity contribution in [1.82, 2.24) is 0 Å². The first-order chi connectivity index (χ1) is 3.71. The summed E-state index contributed by atoms with van der Waals surface area (Å²) in [5, 5.41) is 0. The van der Waals surface area contributed by atoms with Gasteiger partial charge in [0.15, 0.2) is 0 Å². The van der Waals surface area contributed by atoms with E-state index in [1.807, 2.05) is 0 Å². The van der Waals surface area contributed by atoms with Gasteiger partial charge in [0.2, 0.25) is 0 Å². The molecule has 0 aromatic heterocycles. The van der Waals surface area contributed by atoms with Crippen molar-refractivity contribution in [3.05, 3.63) is 0 Å². The highest BCUT2D eigenvalue weighted by Gasteiger charge is 2.23. The number of hydrogen-bond acceptors (Lipinski definition) is 1. The SMILES string of the molecule is C[Si]1(C)CCO[SiH2][SiH2]1. The molecular formula is C4H14OSi3. The minimum Gasteiger partial charge on any atom is -0.428 e. The van der Waals surface area contributed by atoms with Crippen LogP contribution in [0.1, 0.15) is 0 Å². The predicted octanol–water partition coefficient (Wildman–Crippen LogP) is -0.611. The van der Waals surface area contributed by atoms with Gasteiger partial charge < -0.3 is 4.43 Å². The maximum atomic E-state index is 5.44. The predicted molar refractivity (Wildman–Crippen MR) is 45.3 cm³/mol. The van der Waals surface area contributed by atoms with Gasteiger partial charge in [-0.05, 0) is 6.04 Å². The molecule has 0 aliphatic carbocycles. The van der Waals surface area contributed by atoms with E-state index < -0.39 is 7.59 Å². The molecule has 0 radical (unpaired) electrons. The summed E-state index contributed by atoms with van der Waals surface area (Å²) in [6.07, 6.45) is 0. The molecule has 4 heteroatoms. The summed E-state index contributed by atoms with van der Waals surface area (Å²) in [5.41, 5.74) is 0. The first-order valence-electron chi connectivity index (χ1n) is 3.28. The fraction of sp³-hybridized carbons (Fsp3) is 1.00. The Kier molecular flexibility index (Phi) is 2.07. The normalized spacial score (nSPS) is 33.8. The topological polar surface area (TPSA) is 9.23 Å². The lowest BCUT2D eigenvalue weighted by Gasteiger charge is -2.26. The molecule has 0 N–H and O–H groups in total. The molecule has 8 heavy (non-hydrogen) atoms. The van der Waals surface area contributed by atoms with Crippen LogP contribution in [0, 0.1) is 0 Å². The Morgan fingerprint density at radius 1 is 1.50 bits per heavy atom. The lowest BCUT2D eigenvalue weighted by molar-refractivity contribution is 0.366. The molecule has 1 heterocycles. The second-order valence-corrected chi connectivity index (χ2v) is 22.4. The van der Waals surface area contributed by atoms with E-state index in [0.717, 1.165) is 6.61 Å². The Hall–Kier alpha value is 0.611. The lowest BCUT2D eigenvalue weighted by Crippen LogP contribution is -2.44. The first kappa shape index (κ1) is 6.73. The second-order valence-electron chi connectivity index (χ2n) is 3.28. The summed E-state index contributed by atoms with van der Waals surface area (Å²) >= 11 is 0. The van der Waals surface area contributed by atoms with E-state index in [1.165, 1.54) is 6.04 Å². The van der Waals surface area contributed by atoms with Crippen LogP contribution in [0.25, 0.3) is 0 Å². The van der Waals surface area contributed by atoms with E-state index in [1.54, 1.807) is 0 Å². The Labute approximate surface area is 56.2 Å². The minimum absolute atomic E-state index is 0.105. The molecule has 1 aliphatic heterocycles. The van der Waals surface area contributed by atoms with Crippen LogP contribution in [0.15, 0.2) is 0 Å². The number of rotatable bonds is 0. The Balaban J connectivity index is 2.33. The Morgan fingerprint density at radius 3 is 2.50 bits per heavy atom. The summed E-state index contributed by atoms with van der Waals surface area (Å²) < 4.78 is 5.44. The van der Waals surface area contributed by atoms with Crippen LogP contribution >= 0.6 is 0 Å². The molecular weight excluding hydrogens is 148 g/mol. The summed E-state index contributed by atoms with van der Waals surface area (Å²) in [6, 6.07) is 1.46. The van der Waals surface area contributed by atoms with Crippen LogP contribution in [0.4, 0.5) is 0 Å². The van der Waals surface area contributed by atoms with Crippen LogP contribution < -0.4 is 0 Å². The minimum atomic E-state index is -0.515. The molecule has 0 spiro atoms. The highest BCUT2D eigenvalue weighted by molar-refractivity contribution is 7.42. The van der Waals surface area contributed by atoms with Crippen LogP contribution in [-0.4, -0.2) is 32.0 Å². The third-order valence-electron chi connectivity index (χ3n) is 1.85. The zero-order valence-electron chi connectivity index (χ0n) is 5.74. The molecule has 1 aliphatic rings. The van der Waals surface area contributed by atoms with Gasteiger partial charge in [-0.25, -0.2) is 0 Å². The average molecular weight is 162 g/mol. The Morgan fingerprint density at radius 2 is 2.25 bits per heavy atom. The van der Waals surface area contributed by atoms with E-state index in [4.69, 9.17) is 4.43 Å². The van der Waals surface area contributed by atoms with Gasteiger partial charge in [0.05, 0.1) is 0 Å². The van der Waals surface area contributed by atoms with Crippen LogP contribution in [0.2, 0.25) is 19.1 Å². The molecule has 0 amide bonds. The van der Waals surface area contributed by atoms with Crippen molar-refractivity contribution >= 4 is 25.4 Å². The van der Waals surface area contributed by atoms with Gasteiger partial charge in [-0.1, -0.05) is 13.1 Å². The lowest BCUT2D eigenvalue weighted by atomic mass is 10.9. The zero-order valence-corrected chi connectivity index (χ0v) is 9.57. The van der Waals surface area contributed by atoms with Crippen molar-refractivity contribution in [2.75, 3.05) is 6.61 Å². The van der Waals surface area contributed by atoms with Gasteiger partial charge in [-0.2, -0.15) is 0 Å². The smallest absolute Gasteiger partial charge is 0.141 e. The van der Waals surface area contributed by atoms with Crippen LogP contribution in [0.3, 0.4) is 0 Å². The largest absolute Gasteiger partial charge is 0.428 e. The van der Waals surface area contributed by atoms with E-state index in [0.29, 0.717) is 8.55 Å². The quantitative estimate of drug-likeness (QED) is 0.432. The summed E-state index contributed by atoms with van der Waals surface area (Å²) in [5.74, 6) is 0. The highest BCUT2D eigenvalue weighted by Crippen LogP contribution is 2.09. The molecule has 0 unspecified atom stereocenters. The molecule has 1 saturated heterocycles. The van der Waals surface area contributed by atoms with Crippen molar-refractivity contribution in [2.24, 2.45) is 0 Å². The standard InChI is InChI=1S/C4H14OSi3/c1-8(2)4-3-5-6-7-8/h3-4,6-7H2,1-2H3. The summed E-state index contributed by atoms with van der Waals surface area (Å²) in [4.78, 5) is 0. The Bertz CT molecular complexity index is 75.4. The van der Waals surface area contributed by atoms with Crippen molar-refractivity contribution in [2.45, 2.75) is 19.1 Å². The van der Waals surface area contributed by atoms with E-state index in [9.17, 15) is 0 Å². The maximum Gasteiger partial charge on any atom is 0.141 e. The van der Waals surface area contributed by atoms with Crippen molar-refractivity contribution in [3.63, 3.8) is 0 Å². The molecule has 1 fully saturated rings.